The van der Waals surface area contributed by atoms with Gasteiger partial charge in [-0.15, -0.1) is 0 Å². The normalized spacial score (nSPS) is 10.6. The molecule has 0 saturated carbocycles. The van der Waals surface area contributed by atoms with Crippen LogP contribution in [0.25, 0.3) is 10.9 Å². The van der Waals surface area contributed by atoms with Crippen LogP contribution in [0.5, 0.6) is 11.5 Å². The largest absolute Gasteiger partial charge is 0.497 e. The number of pyridine rings is 1. The van der Waals surface area contributed by atoms with Crippen LogP contribution < -0.4 is 25.8 Å². The Morgan fingerprint density at radius 1 is 0.867 bits per heavy atom. The molecule has 8 heteroatoms. The molecule has 0 aliphatic heterocycles. The molecule has 4 aromatic rings. The van der Waals surface area contributed by atoms with Crippen molar-refractivity contribution in [3.8, 4) is 11.5 Å². The number of anilines is 5. The summed E-state index contributed by atoms with van der Waals surface area (Å²) in [6.07, 6.45) is 1.44. The zero-order valence-electron chi connectivity index (χ0n) is 16.9. The summed E-state index contributed by atoms with van der Waals surface area (Å²) in [6, 6.07) is 15.4. The standard InChI is InChI=1S/C22H22N6O2/c1-13-7-8-14-5-4-6-16(20(14)26-13)27-21-19(23)22(25-12-24-21)28-17-11-15(29-2)9-10-18(17)30-3/h4-12H,23H2,1-3H3,(H2,24,25,27,28). The third kappa shape index (κ3) is 3.75. The maximum Gasteiger partial charge on any atom is 0.159 e. The molecule has 2 aromatic carbocycles. The average molecular weight is 402 g/mol. The van der Waals surface area contributed by atoms with E-state index in [0.717, 1.165) is 22.3 Å². The summed E-state index contributed by atoms with van der Waals surface area (Å²) >= 11 is 0. The van der Waals surface area contributed by atoms with Gasteiger partial charge in [0.1, 0.15) is 23.5 Å². The molecule has 4 rings (SSSR count). The van der Waals surface area contributed by atoms with Crippen molar-refractivity contribution < 1.29 is 9.47 Å². The summed E-state index contributed by atoms with van der Waals surface area (Å²) in [6.45, 7) is 1.96. The number of fused-ring (bicyclic) bond motifs is 1. The second-order valence-electron chi connectivity index (χ2n) is 6.63. The van der Waals surface area contributed by atoms with Crippen molar-refractivity contribution in [3.05, 3.63) is 60.6 Å². The molecule has 0 radical (unpaired) electrons. The first-order chi connectivity index (χ1) is 14.6. The van der Waals surface area contributed by atoms with E-state index in [-0.39, 0.29) is 0 Å². The summed E-state index contributed by atoms with van der Waals surface area (Å²) in [7, 11) is 3.20. The highest BCUT2D eigenvalue weighted by Crippen LogP contribution is 2.35. The second kappa shape index (κ2) is 8.12. The van der Waals surface area contributed by atoms with Crippen molar-refractivity contribution in [1.82, 2.24) is 15.0 Å². The molecule has 0 fully saturated rings. The molecule has 30 heavy (non-hydrogen) atoms. The third-order valence-corrected chi connectivity index (χ3v) is 4.66. The van der Waals surface area contributed by atoms with Gasteiger partial charge < -0.3 is 25.8 Å². The minimum Gasteiger partial charge on any atom is -0.497 e. The number of hydrogen-bond acceptors (Lipinski definition) is 8. The third-order valence-electron chi connectivity index (χ3n) is 4.66. The minimum atomic E-state index is 0.368. The number of para-hydroxylation sites is 1. The topological polar surface area (TPSA) is 107 Å². The summed E-state index contributed by atoms with van der Waals surface area (Å²) in [5.41, 5.74) is 10.0. The van der Waals surface area contributed by atoms with Crippen molar-refractivity contribution in [2.24, 2.45) is 0 Å². The molecule has 2 heterocycles. The fraction of sp³-hybridized carbons (Fsp3) is 0.136. The van der Waals surface area contributed by atoms with E-state index in [1.807, 2.05) is 55.5 Å². The number of nitrogens with one attached hydrogen (secondary N) is 2. The van der Waals surface area contributed by atoms with Crippen molar-refractivity contribution in [1.29, 1.82) is 0 Å². The van der Waals surface area contributed by atoms with Gasteiger partial charge in [0, 0.05) is 17.1 Å². The van der Waals surface area contributed by atoms with E-state index in [1.165, 1.54) is 6.33 Å². The van der Waals surface area contributed by atoms with Crippen LogP contribution in [0.15, 0.2) is 54.9 Å². The van der Waals surface area contributed by atoms with Crippen LogP contribution in [0.4, 0.5) is 28.7 Å². The highest BCUT2D eigenvalue weighted by Gasteiger charge is 2.13. The van der Waals surface area contributed by atoms with E-state index >= 15 is 0 Å². The van der Waals surface area contributed by atoms with Gasteiger partial charge in [0.15, 0.2) is 11.6 Å². The van der Waals surface area contributed by atoms with Crippen LogP contribution in [-0.4, -0.2) is 29.2 Å². The smallest absolute Gasteiger partial charge is 0.159 e. The molecule has 0 saturated heterocycles. The lowest BCUT2D eigenvalue weighted by atomic mass is 10.1. The number of methoxy groups -OCH3 is 2. The van der Waals surface area contributed by atoms with E-state index < -0.39 is 0 Å². The Morgan fingerprint density at radius 3 is 2.37 bits per heavy atom. The summed E-state index contributed by atoms with van der Waals surface area (Å²) < 4.78 is 10.7. The zero-order chi connectivity index (χ0) is 21.1. The quantitative estimate of drug-likeness (QED) is 0.435. The number of nitrogens with two attached hydrogens (primary N) is 1. The monoisotopic (exact) mass is 402 g/mol. The van der Waals surface area contributed by atoms with Crippen LogP contribution in [0.1, 0.15) is 5.69 Å². The first kappa shape index (κ1) is 19.3. The maximum atomic E-state index is 6.37. The molecule has 8 nitrogen and oxygen atoms in total. The number of nitrogen functional groups attached to an aromatic ring is 1. The maximum absolute atomic E-state index is 6.37. The van der Waals surface area contributed by atoms with Crippen LogP contribution in [-0.2, 0) is 0 Å². The Balaban J connectivity index is 1.69. The van der Waals surface area contributed by atoms with E-state index in [2.05, 4.69) is 25.6 Å². The number of nitrogens with zero attached hydrogens (tertiary/aromatic N) is 3. The Hall–Kier alpha value is -4.07. The number of benzene rings is 2. The molecule has 0 aliphatic rings. The van der Waals surface area contributed by atoms with Gasteiger partial charge in [-0.05, 0) is 31.2 Å². The van der Waals surface area contributed by atoms with Gasteiger partial charge in [-0.2, -0.15) is 0 Å². The van der Waals surface area contributed by atoms with Crippen LogP contribution in [0.2, 0.25) is 0 Å². The second-order valence-corrected chi connectivity index (χ2v) is 6.63. The summed E-state index contributed by atoms with van der Waals surface area (Å²) in [5.74, 6) is 2.24. The Bertz CT molecular complexity index is 1210. The lowest BCUT2D eigenvalue weighted by Crippen LogP contribution is -2.06. The lowest BCUT2D eigenvalue weighted by Gasteiger charge is -2.15. The van der Waals surface area contributed by atoms with Crippen molar-refractivity contribution in [2.75, 3.05) is 30.6 Å². The van der Waals surface area contributed by atoms with E-state index in [1.54, 1.807) is 14.2 Å². The van der Waals surface area contributed by atoms with E-state index in [0.29, 0.717) is 34.5 Å². The van der Waals surface area contributed by atoms with Crippen molar-refractivity contribution in [3.63, 3.8) is 0 Å². The van der Waals surface area contributed by atoms with Gasteiger partial charge in [0.05, 0.1) is 31.1 Å². The SMILES string of the molecule is COc1ccc(OC)c(Nc2ncnc(Nc3cccc4ccc(C)nc34)c2N)c1. The van der Waals surface area contributed by atoms with Crippen LogP contribution in [0.3, 0.4) is 0 Å². The predicted molar refractivity (Wildman–Crippen MR) is 119 cm³/mol. The highest BCUT2D eigenvalue weighted by molar-refractivity contribution is 5.93. The first-order valence-electron chi connectivity index (χ1n) is 9.32. The average Bonchev–Trinajstić information content (AvgIpc) is 2.76. The van der Waals surface area contributed by atoms with E-state index in [9.17, 15) is 0 Å². The Kier molecular flexibility index (Phi) is 5.21. The van der Waals surface area contributed by atoms with Gasteiger partial charge in [0.2, 0.25) is 0 Å². The molecule has 0 aliphatic carbocycles. The van der Waals surface area contributed by atoms with Gasteiger partial charge >= 0.3 is 0 Å². The molecular weight excluding hydrogens is 380 g/mol. The molecule has 152 valence electrons. The number of aryl methyl sites for hydroxylation is 1. The lowest BCUT2D eigenvalue weighted by molar-refractivity contribution is 0.405. The molecule has 4 N–H and O–H groups in total. The fourth-order valence-corrected chi connectivity index (χ4v) is 3.11. The fourth-order valence-electron chi connectivity index (χ4n) is 3.11. The number of aromatic nitrogens is 3. The van der Waals surface area contributed by atoms with E-state index in [4.69, 9.17) is 15.2 Å². The summed E-state index contributed by atoms with van der Waals surface area (Å²) in [4.78, 5) is 13.2. The zero-order valence-corrected chi connectivity index (χ0v) is 16.9. The molecule has 0 bridgehead atoms. The molecule has 0 atom stereocenters. The van der Waals surface area contributed by atoms with Gasteiger partial charge in [-0.3, -0.25) is 4.98 Å². The number of hydrogen-bond donors (Lipinski definition) is 3. The molecule has 0 amide bonds. The van der Waals surface area contributed by atoms with Gasteiger partial charge in [0.25, 0.3) is 0 Å². The van der Waals surface area contributed by atoms with Crippen molar-refractivity contribution >= 4 is 39.6 Å². The summed E-state index contributed by atoms with van der Waals surface area (Å²) in [5, 5.41) is 7.51. The van der Waals surface area contributed by atoms with Crippen LogP contribution >= 0.6 is 0 Å². The van der Waals surface area contributed by atoms with Gasteiger partial charge in [-0.1, -0.05) is 18.2 Å². The number of ether oxygens (including phenoxy) is 2. The Labute approximate surface area is 174 Å². The molecule has 0 unspecified atom stereocenters. The molecule has 2 aromatic heterocycles. The molecule has 0 spiro atoms. The van der Waals surface area contributed by atoms with Crippen LogP contribution in [0, 0.1) is 6.92 Å². The first-order valence-corrected chi connectivity index (χ1v) is 9.32. The van der Waals surface area contributed by atoms with Gasteiger partial charge in [-0.25, -0.2) is 9.97 Å². The Morgan fingerprint density at radius 2 is 1.63 bits per heavy atom. The minimum absolute atomic E-state index is 0.368. The van der Waals surface area contributed by atoms with Crippen molar-refractivity contribution in [2.45, 2.75) is 6.92 Å². The predicted octanol–water partition coefficient (Wildman–Crippen LogP) is 4.42. The molecular formula is C22H22N6O2. The number of rotatable bonds is 6. The highest BCUT2D eigenvalue weighted by atomic mass is 16.5.